The molecule has 2 aromatic carbocycles. The van der Waals surface area contributed by atoms with Gasteiger partial charge < -0.3 is 19.9 Å². The first-order valence-corrected chi connectivity index (χ1v) is 8.61. The summed E-state index contributed by atoms with van der Waals surface area (Å²) < 4.78 is 23.5. The normalized spacial score (nSPS) is 11.5. The van der Waals surface area contributed by atoms with Crippen molar-refractivity contribution in [2.75, 3.05) is 13.2 Å². The molecule has 27 heavy (non-hydrogen) atoms. The first kappa shape index (κ1) is 20.2. The first-order chi connectivity index (χ1) is 13.0. The summed E-state index contributed by atoms with van der Waals surface area (Å²) in [6.07, 6.45) is -0.518. The number of aryl methyl sites for hydroxylation is 1. The monoisotopic (exact) mass is 375 g/mol. The number of aliphatic carboxylic acids is 1. The van der Waals surface area contributed by atoms with Gasteiger partial charge in [0.2, 0.25) is 12.0 Å². The van der Waals surface area contributed by atoms with Gasteiger partial charge >= 0.3 is 5.97 Å². The van der Waals surface area contributed by atoms with E-state index in [1.165, 1.54) is 24.3 Å². The largest absolute Gasteiger partial charge is 0.494 e. The zero-order valence-corrected chi connectivity index (χ0v) is 15.0. The topological polar surface area (TPSA) is 84.9 Å². The number of benzene rings is 2. The van der Waals surface area contributed by atoms with Crippen LogP contribution in [0.1, 0.15) is 18.9 Å². The van der Waals surface area contributed by atoms with Gasteiger partial charge in [0.25, 0.3) is 0 Å². The summed E-state index contributed by atoms with van der Waals surface area (Å²) in [5, 5.41) is 11.8. The Morgan fingerprint density at radius 1 is 1.07 bits per heavy atom. The van der Waals surface area contributed by atoms with E-state index in [-0.39, 0.29) is 24.6 Å². The van der Waals surface area contributed by atoms with Gasteiger partial charge in [0, 0.05) is 6.42 Å². The van der Waals surface area contributed by atoms with Crippen molar-refractivity contribution in [3.63, 3.8) is 0 Å². The fourth-order valence-electron chi connectivity index (χ4n) is 2.33. The van der Waals surface area contributed by atoms with Gasteiger partial charge in [0.05, 0.1) is 13.2 Å². The smallest absolute Gasteiger partial charge is 0.346 e. The second kappa shape index (κ2) is 10.2. The van der Waals surface area contributed by atoms with Crippen LogP contribution in [0.2, 0.25) is 0 Å². The molecule has 144 valence electrons. The van der Waals surface area contributed by atoms with E-state index in [9.17, 15) is 19.1 Å². The number of hydrogen-bond acceptors (Lipinski definition) is 4. The van der Waals surface area contributed by atoms with Crippen molar-refractivity contribution >= 4 is 11.9 Å². The Labute approximate surface area is 156 Å². The number of hydrogen-bond donors (Lipinski definition) is 2. The third-order valence-corrected chi connectivity index (χ3v) is 3.73. The van der Waals surface area contributed by atoms with Crippen LogP contribution >= 0.6 is 0 Å². The summed E-state index contributed by atoms with van der Waals surface area (Å²) in [4.78, 5) is 23.3. The molecule has 2 rings (SSSR count). The van der Waals surface area contributed by atoms with Crippen molar-refractivity contribution in [1.29, 1.82) is 0 Å². The van der Waals surface area contributed by atoms with Crippen LogP contribution in [0.3, 0.4) is 0 Å². The van der Waals surface area contributed by atoms with Gasteiger partial charge in [-0.15, -0.1) is 0 Å². The molecule has 2 N–H and O–H groups in total. The molecule has 2 aromatic rings. The quantitative estimate of drug-likeness (QED) is 0.667. The highest BCUT2D eigenvalue weighted by molar-refractivity contribution is 5.78. The van der Waals surface area contributed by atoms with Gasteiger partial charge in [-0.05, 0) is 55.3 Å². The highest BCUT2D eigenvalue weighted by Gasteiger charge is 2.20. The summed E-state index contributed by atoms with van der Waals surface area (Å²) >= 11 is 0. The molecule has 0 aromatic heterocycles. The molecule has 6 nitrogen and oxygen atoms in total. The number of amides is 1. The minimum absolute atomic E-state index is 0.186. The Hall–Kier alpha value is -3.09. The second-order valence-corrected chi connectivity index (χ2v) is 5.78. The zero-order valence-electron chi connectivity index (χ0n) is 15.0. The van der Waals surface area contributed by atoms with Crippen LogP contribution in [-0.2, 0) is 16.0 Å². The van der Waals surface area contributed by atoms with E-state index < -0.39 is 17.9 Å². The average Bonchev–Trinajstić information content (AvgIpc) is 2.66. The molecule has 0 spiro atoms. The molecule has 0 radical (unpaired) electrons. The molecule has 0 saturated heterocycles. The third-order valence-electron chi connectivity index (χ3n) is 3.73. The minimum atomic E-state index is -1.26. The van der Waals surface area contributed by atoms with Crippen LogP contribution in [0.25, 0.3) is 0 Å². The standard InChI is InChI=1S/C20H22FNO5/c1-2-26-16-8-3-14(4-9-16)5-12-19(23)22-13-18(20(24)25)27-17-10-6-15(21)7-11-17/h3-4,6-11,18H,2,5,12-13H2,1H3,(H,22,23)(H,24,25). The zero-order chi connectivity index (χ0) is 19.6. The van der Waals surface area contributed by atoms with Crippen LogP contribution in [0.5, 0.6) is 11.5 Å². The minimum Gasteiger partial charge on any atom is -0.494 e. The summed E-state index contributed by atoms with van der Waals surface area (Å²) in [6.45, 7) is 2.31. The maximum Gasteiger partial charge on any atom is 0.346 e. The molecule has 0 bridgehead atoms. The Morgan fingerprint density at radius 2 is 1.70 bits per heavy atom. The summed E-state index contributed by atoms with van der Waals surface area (Å²) in [5.41, 5.74) is 0.978. The van der Waals surface area contributed by atoms with E-state index >= 15 is 0 Å². The molecule has 0 fully saturated rings. The summed E-state index contributed by atoms with van der Waals surface area (Å²) in [7, 11) is 0. The lowest BCUT2D eigenvalue weighted by Gasteiger charge is -2.16. The van der Waals surface area contributed by atoms with Crippen molar-refractivity contribution in [2.45, 2.75) is 25.9 Å². The Morgan fingerprint density at radius 3 is 2.30 bits per heavy atom. The van der Waals surface area contributed by atoms with Gasteiger partial charge in [0.15, 0.2) is 0 Å². The third kappa shape index (κ3) is 6.97. The number of nitrogens with one attached hydrogen (secondary N) is 1. The van der Waals surface area contributed by atoms with E-state index in [1.807, 2.05) is 31.2 Å². The van der Waals surface area contributed by atoms with Crippen molar-refractivity contribution in [2.24, 2.45) is 0 Å². The fourth-order valence-corrected chi connectivity index (χ4v) is 2.33. The summed E-state index contributed by atoms with van der Waals surface area (Å²) in [6, 6.07) is 12.5. The maximum atomic E-state index is 12.9. The van der Waals surface area contributed by atoms with Crippen LogP contribution < -0.4 is 14.8 Å². The molecule has 0 aliphatic carbocycles. The van der Waals surface area contributed by atoms with E-state index in [2.05, 4.69) is 5.32 Å². The highest BCUT2D eigenvalue weighted by atomic mass is 19.1. The highest BCUT2D eigenvalue weighted by Crippen LogP contribution is 2.14. The molecule has 0 saturated carbocycles. The Kier molecular flexibility index (Phi) is 7.61. The van der Waals surface area contributed by atoms with Crippen LogP contribution in [-0.4, -0.2) is 36.2 Å². The van der Waals surface area contributed by atoms with Gasteiger partial charge in [-0.3, -0.25) is 4.79 Å². The number of carboxylic acid groups (broad SMARTS) is 1. The predicted octanol–water partition coefficient (Wildman–Crippen LogP) is 2.81. The van der Waals surface area contributed by atoms with Gasteiger partial charge in [-0.2, -0.15) is 0 Å². The summed E-state index contributed by atoms with van der Waals surface area (Å²) in [5.74, 6) is -0.957. The predicted molar refractivity (Wildman–Crippen MR) is 97.4 cm³/mol. The lowest BCUT2D eigenvalue weighted by atomic mass is 10.1. The molecular weight excluding hydrogens is 353 g/mol. The van der Waals surface area contributed by atoms with Crippen molar-refractivity contribution in [3.05, 3.63) is 59.9 Å². The van der Waals surface area contributed by atoms with Crippen LogP contribution in [0, 0.1) is 5.82 Å². The Bertz CT molecular complexity index is 746. The molecule has 0 aliphatic heterocycles. The van der Waals surface area contributed by atoms with Gasteiger partial charge in [-0.25, -0.2) is 9.18 Å². The second-order valence-electron chi connectivity index (χ2n) is 5.78. The lowest BCUT2D eigenvalue weighted by Crippen LogP contribution is -2.40. The van der Waals surface area contributed by atoms with E-state index in [0.29, 0.717) is 13.0 Å². The molecule has 1 atom stereocenters. The first-order valence-electron chi connectivity index (χ1n) is 8.61. The van der Waals surface area contributed by atoms with Crippen LogP contribution in [0.15, 0.2) is 48.5 Å². The molecule has 1 amide bonds. The number of halogens is 1. The van der Waals surface area contributed by atoms with Crippen molar-refractivity contribution in [1.82, 2.24) is 5.32 Å². The molecule has 0 aliphatic rings. The van der Waals surface area contributed by atoms with E-state index in [4.69, 9.17) is 9.47 Å². The van der Waals surface area contributed by atoms with Crippen molar-refractivity contribution in [3.8, 4) is 11.5 Å². The number of carbonyl (C=O) groups excluding carboxylic acids is 1. The van der Waals surface area contributed by atoms with Crippen LogP contribution in [0.4, 0.5) is 4.39 Å². The molecule has 1 unspecified atom stereocenters. The average molecular weight is 375 g/mol. The number of ether oxygens (including phenoxy) is 2. The SMILES string of the molecule is CCOc1ccc(CCC(=O)NCC(Oc2ccc(F)cc2)C(=O)O)cc1. The number of rotatable bonds is 10. The lowest BCUT2D eigenvalue weighted by molar-refractivity contribution is -0.145. The Balaban J connectivity index is 1.79. The molecular formula is C20H22FNO5. The molecule has 0 heterocycles. The van der Waals surface area contributed by atoms with Gasteiger partial charge in [-0.1, -0.05) is 12.1 Å². The van der Waals surface area contributed by atoms with Gasteiger partial charge in [0.1, 0.15) is 17.3 Å². The maximum absolute atomic E-state index is 12.9. The molecule has 7 heteroatoms. The van der Waals surface area contributed by atoms with E-state index in [1.54, 1.807) is 0 Å². The van der Waals surface area contributed by atoms with Crippen molar-refractivity contribution < 1.29 is 28.6 Å². The fraction of sp³-hybridized carbons (Fsp3) is 0.300. The number of carbonyl (C=O) groups is 2. The van der Waals surface area contributed by atoms with E-state index in [0.717, 1.165) is 11.3 Å². The number of carboxylic acids is 1.